The van der Waals surface area contributed by atoms with E-state index in [9.17, 15) is 19.0 Å². The summed E-state index contributed by atoms with van der Waals surface area (Å²) in [4.78, 5) is 35.5. The number of quaternary nitrogens is 1. The molecule has 0 aliphatic carbocycles. The summed E-state index contributed by atoms with van der Waals surface area (Å²) in [6.45, 7) is 4.48. The van der Waals surface area contributed by atoms with Gasteiger partial charge >= 0.3 is 19.8 Å². The Hall–Kier alpha value is -0.990. The number of phosphoric acid groups is 1. The lowest BCUT2D eigenvalue weighted by Crippen LogP contribution is -2.37. The lowest BCUT2D eigenvalue weighted by Gasteiger charge is -2.24. The SMILES string of the molecule is CCCCCCCCCCCCCCCCCCCCCCCCCCCCCCCCCCCCC(=O)OC(COC(=O)CCCCCCCCCCCCC)COP(=O)(O)OCC[N+](C)(C)C. The summed E-state index contributed by atoms with van der Waals surface area (Å²) in [7, 11) is 1.50. The van der Waals surface area contributed by atoms with Crippen LogP contribution >= 0.6 is 7.82 Å². The molecule has 9 nitrogen and oxygen atoms in total. The highest BCUT2D eigenvalue weighted by atomic mass is 31.2. The quantitative estimate of drug-likeness (QED) is 0.0278. The molecule has 412 valence electrons. The summed E-state index contributed by atoms with van der Waals surface area (Å²) < 4.78 is 34.5. The van der Waals surface area contributed by atoms with Crippen LogP contribution in [0.25, 0.3) is 0 Å². The van der Waals surface area contributed by atoms with Crippen LogP contribution in [0.3, 0.4) is 0 Å². The molecule has 69 heavy (non-hydrogen) atoms. The molecule has 0 spiro atoms. The second-order valence-corrected chi connectivity index (χ2v) is 23.6. The van der Waals surface area contributed by atoms with Gasteiger partial charge in [0.05, 0.1) is 27.7 Å². The first-order valence-electron chi connectivity index (χ1n) is 30.3. The molecule has 2 unspecified atom stereocenters. The molecule has 0 saturated heterocycles. The standard InChI is InChI=1S/C59H118NO8P/c1-6-8-10-12-14-16-18-19-20-21-22-23-24-25-26-27-28-29-30-31-32-33-34-35-36-37-38-39-40-42-44-46-48-50-52-59(62)68-57(56-67-69(63,64)66-54-53-60(3,4)5)55-65-58(61)51-49-47-45-43-41-17-15-13-11-9-7-2/h57H,6-56H2,1-5H3/p+1. The van der Waals surface area contributed by atoms with Gasteiger partial charge < -0.3 is 18.9 Å². The predicted octanol–water partition coefficient (Wildman–Crippen LogP) is 18.7. The van der Waals surface area contributed by atoms with E-state index in [0.717, 1.165) is 38.5 Å². The maximum absolute atomic E-state index is 12.8. The van der Waals surface area contributed by atoms with Gasteiger partial charge in [0.1, 0.15) is 19.8 Å². The van der Waals surface area contributed by atoms with Crippen molar-refractivity contribution in [1.29, 1.82) is 0 Å². The second-order valence-electron chi connectivity index (χ2n) is 22.1. The van der Waals surface area contributed by atoms with Gasteiger partial charge in [-0.1, -0.05) is 290 Å². The van der Waals surface area contributed by atoms with Gasteiger partial charge in [0.25, 0.3) is 0 Å². The number of esters is 2. The third kappa shape index (κ3) is 56.2. The Bertz CT molecular complexity index is 1130. The van der Waals surface area contributed by atoms with E-state index in [-0.39, 0.29) is 25.6 Å². The van der Waals surface area contributed by atoms with E-state index in [2.05, 4.69) is 13.8 Å². The van der Waals surface area contributed by atoms with Crippen LogP contribution in [0, 0.1) is 0 Å². The van der Waals surface area contributed by atoms with Crippen molar-refractivity contribution in [2.45, 2.75) is 322 Å². The number of unbranched alkanes of at least 4 members (excludes halogenated alkanes) is 43. The first kappa shape index (κ1) is 68.0. The Labute approximate surface area is 429 Å². The summed E-state index contributed by atoms with van der Waals surface area (Å²) in [6.07, 6.45) is 59.2. The Morgan fingerprint density at radius 2 is 0.652 bits per heavy atom. The zero-order chi connectivity index (χ0) is 50.6. The Kier molecular flexibility index (Phi) is 51.1. The molecule has 0 aromatic rings. The number of carbonyl (C=O) groups is 2. The van der Waals surface area contributed by atoms with E-state index in [1.165, 1.54) is 250 Å². The normalized spacial score (nSPS) is 13.2. The molecular weight excluding hydrogens is 882 g/mol. The van der Waals surface area contributed by atoms with Crippen molar-refractivity contribution in [2.75, 3.05) is 47.5 Å². The average Bonchev–Trinajstić information content (AvgIpc) is 3.31. The molecule has 1 N–H and O–H groups in total. The van der Waals surface area contributed by atoms with Crippen LogP contribution in [0.2, 0.25) is 0 Å². The minimum Gasteiger partial charge on any atom is -0.462 e. The summed E-state index contributed by atoms with van der Waals surface area (Å²) in [5.74, 6) is -0.778. The van der Waals surface area contributed by atoms with Gasteiger partial charge in [0.2, 0.25) is 0 Å². The number of ether oxygens (including phenoxy) is 2. The Morgan fingerprint density at radius 1 is 0.391 bits per heavy atom. The van der Waals surface area contributed by atoms with Crippen LogP contribution in [0.15, 0.2) is 0 Å². The van der Waals surface area contributed by atoms with Crippen LogP contribution in [-0.4, -0.2) is 74.9 Å². The Morgan fingerprint density at radius 3 is 0.928 bits per heavy atom. The number of carbonyl (C=O) groups excluding carboxylic acids is 2. The summed E-state index contributed by atoms with van der Waals surface area (Å²) in [5.41, 5.74) is 0. The van der Waals surface area contributed by atoms with Crippen LogP contribution in [0.5, 0.6) is 0 Å². The van der Waals surface area contributed by atoms with E-state index in [0.29, 0.717) is 17.4 Å². The lowest BCUT2D eigenvalue weighted by atomic mass is 10.0. The number of rotatable bonds is 57. The van der Waals surface area contributed by atoms with Crippen LogP contribution in [0.4, 0.5) is 0 Å². The van der Waals surface area contributed by atoms with Crippen LogP contribution in [0.1, 0.15) is 316 Å². The second kappa shape index (κ2) is 51.9. The van der Waals surface area contributed by atoms with Gasteiger partial charge in [0.15, 0.2) is 6.10 Å². The van der Waals surface area contributed by atoms with Crippen molar-refractivity contribution in [3.05, 3.63) is 0 Å². The van der Waals surface area contributed by atoms with E-state index >= 15 is 0 Å². The molecule has 10 heteroatoms. The van der Waals surface area contributed by atoms with Crippen molar-refractivity contribution in [3.63, 3.8) is 0 Å². The van der Waals surface area contributed by atoms with E-state index < -0.39 is 26.5 Å². The molecule has 0 bridgehead atoms. The molecule has 0 aliphatic heterocycles. The molecular formula is C59H119NO8P+. The van der Waals surface area contributed by atoms with Crippen molar-refractivity contribution >= 4 is 19.8 Å². The molecule has 0 saturated carbocycles. The number of phosphoric ester groups is 1. The van der Waals surface area contributed by atoms with Crippen molar-refractivity contribution in [2.24, 2.45) is 0 Å². The first-order chi connectivity index (χ1) is 33.5. The fourth-order valence-electron chi connectivity index (χ4n) is 9.20. The highest BCUT2D eigenvalue weighted by molar-refractivity contribution is 7.47. The summed E-state index contributed by atoms with van der Waals surface area (Å²) in [5, 5.41) is 0. The minimum atomic E-state index is -4.37. The molecule has 0 amide bonds. The Balaban J connectivity index is 3.88. The maximum atomic E-state index is 12.8. The maximum Gasteiger partial charge on any atom is 0.472 e. The van der Waals surface area contributed by atoms with Gasteiger partial charge in [-0.15, -0.1) is 0 Å². The van der Waals surface area contributed by atoms with Crippen molar-refractivity contribution in [1.82, 2.24) is 0 Å². The summed E-state index contributed by atoms with van der Waals surface area (Å²) in [6, 6.07) is 0. The number of hydrogen-bond donors (Lipinski definition) is 1. The van der Waals surface area contributed by atoms with Crippen LogP contribution in [-0.2, 0) is 32.7 Å². The average molecular weight is 1000 g/mol. The predicted molar refractivity (Wildman–Crippen MR) is 294 cm³/mol. The molecule has 2 atom stereocenters. The topological polar surface area (TPSA) is 108 Å². The lowest BCUT2D eigenvalue weighted by molar-refractivity contribution is -0.870. The highest BCUT2D eigenvalue weighted by Gasteiger charge is 2.27. The minimum absolute atomic E-state index is 0.0371. The highest BCUT2D eigenvalue weighted by Crippen LogP contribution is 2.43. The third-order valence-corrected chi connectivity index (χ3v) is 14.9. The van der Waals surface area contributed by atoms with Gasteiger partial charge in [-0.25, -0.2) is 4.57 Å². The van der Waals surface area contributed by atoms with Gasteiger partial charge in [-0.05, 0) is 12.8 Å². The third-order valence-electron chi connectivity index (χ3n) is 13.9. The number of nitrogens with zero attached hydrogens (tertiary/aromatic N) is 1. The molecule has 0 radical (unpaired) electrons. The largest absolute Gasteiger partial charge is 0.472 e. The first-order valence-corrected chi connectivity index (χ1v) is 31.8. The van der Waals surface area contributed by atoms with Gasteiger partial charge in [-0.3, -0.25) is 18.6 Å². The summed E-state index contributed by atoms with van der Waals surface area (Å²) >= 11 is 0. The fraction of sp³-hybridized carbons (Fsp3) is 0.966. The smallest absolute Gasteiger partial charge is 0.462 e. The number of likely N-dealkylation sites (N-methyl/N-ethyl adjacent to an activating group) is 1. The molecule has 0 aromatic heterocycles. The van der Waals surface area contributed by atoms with Gasteiger partial charge in [0, 0.05) is 12.8 Å². The number of hydrogen-bond acceptors (Lipinski definition) is 7. The van der Waals surface area contributed by atoms with E-state index in [4.69, 9.17) is 18.5 Å². The molecule has 0 fully saturated rings. The fourth-order valence-corrected chi connectivity index (χ4v) is 9.94. The van der Waals surface area contributed by atoms with Crippen molar-refractivity contribution < 1.29 is 42.1 Å². The zero-order valence-corrected chi connectivity index (χ0v) is 47.7. The van der Waals surface area contributed by atoms with Gasteiger partial charge in [-0.2, -0.15) is 0 Å². The van der Waals surface area contributed by atoms with Crippen LogP contribution < -0.4 is 0 Å². The molecule has 0 rings (SSSR count). The van der Waals surface area contributed by atoms with Crippen molar-refractivity contribution in [3.8, 4) is 0 Å². The van der Waals surface area contributed by atoms with E-state index in [1.54, 1.807) is 0 Å². The van der Waals surface area contributed by atoms with E-state index in [1.807, 2.05) is 21.1 Å². The monoisotopic (exact) mass is 1000 g/mol. The molecule has 0 aromatic carbocycles. The molecule has 0 aliphatic rings. The zero-order valence-electron chi connectivity index (χ0n) is 46.8. The molecule has 0 heterocycles.